The third kappa shape index (κ3) is 3.72. The monoisotopic (exact) mass is 278 g/mol. The largest absolute Gasteiger partial charge is 0.497 e. The highest BCUT2D eigenvalue weighted by molar-refractivity contribution is 7.12. The third-order valence-corrected chi connectivity index (χ3v) is 4.06. The zero-order valence-corrected chi connectivity index (χ0v) is 11.9. The van der Waals surface area contributed by atoms with Crippen molar-refractivity contribution in [2.75, 3.05) is 20.3 Å². The van der Waals surface area contributed by atoms with E-state index in [1.165, 1.54) is 4.88 Å². The van der Waals surface area contributed by atoms with Gasteiger partial charge in [0.25, 0.3) is 0 Å². The molecule has 2 aromatic rings. The maximum absolute atomic E-state index is 9.46. The zero-order chi connectivity index (χ0) is 13.7. The lowest BCUT2D eigenvalue weighted by molar-refractivity contribution is 0.206. The first kappa shape index (κ1) is 13.9. The Kier molecular flexibility index (Phi) is 4.82. The first-order chi connectivity index (χ1) is 9.22. The molecular formula is C15H18O3S. The summed E-state index contributed by atoms with van der Waals surface area (Å²) < 4.78 is 10.8. The summed E-state index contributed by atoms with van der Waals surface area (Å²) in [6.45, 7) is 2.63. The van der Waals surface area contributed by atoms with Crippen LogP contribution >= 0.6 is 11.3 Å². The van der Waals surface area contributed by atoms with Gasteiger partial charge in [0.2, 0.25) is 0 Å². The van der Waals surface area contributed by atoms with Crippen molar-refractivity contribution in [3.8, 4) is 11.5 Å². The smallest absolute Gasteiger partial charge is 0.119 e. The van der Waals surface area contributed by atoms with Gasteiger partial charge in [0.15, 0.2) is 0 Å². The van der Waals surface area contributed by atoms with Crippen LogP contribution < -0.4 is 9.47 Å². The molecule has 1 unspecified atom stereocenters. The topological polar surface area (TPSA) is 38.7 Å². The second kappa shape index (κ2) is 6.59. The van der Waals surface area contributed by atoms with Crippen LogP contribution in [0.25, 0.3) is 0 Å². The van der Waals surface area contributed by atoms with Gasteiger partial charge in [0.05, 0.1) is 26.2 Å². The van der Waals surface area contributed by atoms with E-state index in [9.17, 15) is 5.11 Å². The Morgan fingerprint density at radius 3 is 2.32 bits per heavy atom. The van der Waals surface area contributed by atoms with Crippen molar-refractivity contribution in [2.24, 2.45) is 0 Å². The molecule has 0 saturated carbocycles. The van der Waals surface area contributed by atoms with E-state index in [-0.39, 0.29) is 12.5 Å². The zero-order valence-electron chi connectivity index (χ0n) is 11.1. The van der Waals surface area contributed by atoms with Crippen LogP contribution in [0.3, 0.4) is 0 Å². The van der Waals surface area contributed by atoms with Gasteiger partial charge in [-0.2, -0.15) is 0 Å². The summed E-state index contributed by atoms with van der Waals surface area (Å²) >= 11 is 1.70. The minimum Gasteiger partial charge on any atom is -0.497 e. The quantitative estimate of drug-likeness (QED) is 0.881. The van der Waals surface area contributed by atoms with Crippen LogP contribution in [0.2, 0.25) is 0 Å². The first-order valence-electron chi connectivity index (χ1n) is 6.17. The van der Waals surface area contributed by atoms with Crippen LogP contribution in [0.5, 0.6) is 11.5 Å². The van der Waals surface area contributed by atoms with Crippen LogP contribution in [-0.2, 0) is 0 Å². The van der Waals surface area contributed by atoms with Crippen LogP contribution in [0.15, 0.2) is 36.4 Å². The van der Waals surface area contributed by atoms with Crippen molar-refractivity contribution in [1.29, 1.82) is 0 Å². The van der Waals surface area contributed by atoms with Gasteiger partial charge in [0.1, 0.15) is 11.5 Å². The summed E-state index contributed by atoms with van der Waals surface area (Å²) in [7, 11) is 1.64. The lowest BCUT2D eigenvalue weighted by atomic mass is 10.1. The van der Waals surface area contributed by atoms with E-state index < -0.39 is 0 Å². The van der Waals surface area contributed by atoms with Gasteiger partial charge in [0, 0.05) is 9.75 Å². The highest BCUT2D eigenvalue weighted by Crippen LogP contribution is 2.25. The highest BCUT2D eigenvalue weighted by atomic mass is 32.1. The molecule has 0 radical (unpaired) electrons. The van der Waals surface area contributed by atoms with E-state index in [1.807, 2.05) is 24.3 Å². The Bertz CT molecular complexity index is 504. The molecular weight excluding hydrogens is 260 g/mol. The molecule has 0 fully saturated rings. The molecule has 0 aliphatic carbocycles. The summed E-state index contributed by atoms with van der Waals surface area (Å²) in [4.78, 5) is 2.41. The summed E-state index contributed by atoms with van der Waals surface area (Å²) in [6.07, 6.45) is 0. The molecule has 1 N–H and O–H groups in total. The van der Waals surface area contributed by atoms with Gasteiger partial charge in [-0.1, -0.05) is 0 Å². The maximum atomic E-state index is 9.46. The molecule has 1 aromatic heterocycles. The van der Waals surface area contributed by atoms with Gasteiger partial charge in [-0.15, -0.1) is 11.3 Å². The van der Waals surface area contributed by atoms with Gasteiger partial charge < -0.3 is 14.6 Å². The van der Waals surface area contributed by atoms with E-state index in [0.29, 0.717) is 6.61 Å². The predicted molar refractivity (Wildman–Crippen MR) is 77.4 cm³/mol. The number of ether oxygens (including phenoxy) is 2. The fourth-order valence-corrected chi connectivity index (χ4v) is 2.72. The number of benzene rings is 1. The summed E-state index contributed by atoms with van der Waals surface area (Å²) in [5.41, 5.74) is 0. The fourth-order valence-electron chi connectivity index (χ4n) is 1.77. The van der Waals surface area contributed by atoms with Crippen molar-refractivity contribution in [3.05, 3.63) is 46.2 Å². The SMILES string of the molecule is COc1ccc(OCC(CO)c2ccc(C)s2)cc1. The molecule has 4 heteroatoms. The fraction of sp³-hybridized carbons (Fsp3) is 0.333. The van der Waals surface area contributed by atoms with E-state index in [0.717, 1.165) is 16.4 Å². The van der Waals surface area contributed by atoms with E-state index in [1.54, 1.807) is 18.4 Å². The van der Waals surface area contributed by atoms with Crippen molar-refractivity contribution in [3.63, 3.8) is 0 Å². The number of aryl methyl sites for hydroxylation is 1. The molecule has 0 aliphatic rings. The van der Waals surface area contributed by atoms with Crippen LogP contribution in [0.4, 0.5) is 0 Å². The van der Waals surface area contributed by atoms with Crippen LogP contribution in [0.1, 0.15) is 15.7 Å². The molecule has 0 aliphatic heterocycles. The minimum atomic E-state index is 0.0285. The number of aliphatic hydroxyl groups excluding tert-OH is 1. The Balaban J connectivity index is 1.95. The lowest BCUT2D eigenvalue weighted by Crippen LogP contribution is -2.12. The second-order valence-corrected chi connectivity index (χ2v) is 5.63. The van der Waals surface area contributed by atoms with E-state index >= 15 is 0 Å². The van der Waals surface area contributed by atoms with E-state index in [2.05, 4.69) is 19.1 Å². The molecule has 0 saturated heterocycles. The Morgan fingerprint density at radius 1 is 1.11 bits per heavy atom. The Labute approximate surface area is 117 Å². The van der Waals surface area contributed by atoms with Crippen LogP contribution in [-0.4, -0.2) is 25.4 Å². The molecule has 102 valence electrons. The average molecular weight is 278 g/mol. The molecule has 2 rings (SSSR count). The molecule has 1 heterocycles. The number of thiophene rings is 1. The van der Waals surface area contributed by atoms with Crippen molar-refractivity contribution >= 4 is 11.3 Å². The standard InChI is InChI=1S/C15H18O3S/c1-11-3-8-15(19-11)12(9-16)10-18-14-6-4-13(17-2)5-7-14/h3-8,12,16H,9-10H2,1-2H3. The number of aliphatic hydroxyl groups is 1. The molecule has 0 spiro atoms. The minimum absolute atomic E-state index is 0.0285. The summed E-state index contributed by atoms with van der Waals surface area (Å²) in [6, 6.07) is 11.6. The number of hydrogen-bond donors (Lipinski definition) is 1. The van der Waals surface area contributed by atoms with Crippen LogP contribution in [0, 0.1) is 6.92 Å². The summed E-state index contributed by atoms with van der Waals surface area (Å²) in [5, 5.41) is 9.46. The van der Waals surface area contributed by atoms with Crippen molar-refractivity contribution < 1.29 is 14.6 Å². The Morgan fingerprint density at radius 2 is 1.79 bits per heavy atom. The molecule has 0 amide bonds. The lowest BCUT2D eigenvalue weighted by Gasteiger charge is -2.14. The van der Waals surface area contributed by atoms with Gasteiger partial charge in [-0.05, 0) is 43.3 Å². The molecule has 1 atom stereocenters. The molecule has 3 nitrogen and oxygen atoms in total. The predicted octanol–water partition coefficient (Wildman–Crippen LogP) is 3.22. The van der Waals surface area contributed by atoms with Gasteiger partial charge in [-0.3, -0.25) is 0 Å². The average Bonchev–Trinajstić information content (AvgIpc) is 2.87. The molecule has 1 aromatic carbocycles. The highest BCUT2D eigenvalue weighted by Gasteiger charge is 2.13. The molecule has 0 bridgehead atoms. The van der Waals surface area contributed by atoms with Crippen molar-refractivity contribution in [1.82, 2.24) is 0 Å². The number of rotatable bonds is 6. The Hall–Kier alpha value is -1.52. The normalized spacial score (nSPS) is 12.2. The summed E-state index contributed by atoms with van der Waals surface area (Å²) in [5.74, 6) is 1.62. The molecule has 19 heavy (non-hydrogen) atoms. The first-order valence-corrected chi connectivity index (χ1v) is 6.98. The van der Waals surface area contributed by atoms with Gasteiger partial charge in [-0.25, -0.2) is 0 Å². The number of hydrogen-bond acceptors (Lipinski definition) is 4. The maximum Gasteiger partial charge on any atom is 0.119 e. The second-order valence-electron chi connectivity index (χ2n) is 4.31. The third-order valence-electron chi connectivity index (χ3n) is 2.89. The van der Waals surface area contributed by atoms with Crippen molar-refractivity contribution in [2.45, 2.75) is 12.8 Å². The van der Waals surface area contributed by atoms with E-state index in [4.69, 9.17) is 9.47 Å². The van der Waals surface area contributed by atoms with Gasteiger partial charge >= 0.3 is 0 Å². The number of methoxy groups -OCH3 is 1.